The third-order valence-electron chi connectivity index (χ3n) is 7.30. The number of carboxylic acids is 1. The predicted octanol–water partition coefficient (Wildman–Crippen LogP) is 3.54. The van der Waals surface area contributed by atoms with Crippen molar-refractivity contribution in [3.8, 4) is 11.1 Å². The molecule has 2 aromatic rings. The second-order valence-corrected chi connectivity index (χ2v) is 9.39. The van der Waals surface area contributed by atoms with Gasteiger partial charge >= 0.3 is 12.1 Å². The monoisotopic (exact) mass is 478 g/mol. The van der Waals surface area contributed by atoms with Crippen molar-refractivity contribution in [1.82, 2.24) is 10.2 Å². The fourth-order valence-corrected chi connectivity index (χ4v) is 5.56. The van der Waals surface area contributed by atoms with E-state index in [4.69, 9.17) is 9.47 Å². The maximum absolute atomic E-state index is 13.2. The minimum atomic E-state index is -1.00. The fourth-order valence-electron chi connectivity index (χ4n) is 5.56. The standard InChI is InChI=1S/C27H30N2O6/c30-25(29-14-7-1-2-12-23(29)26(31)32)24-22(13-15-34-24)28-27(33)35-16-21-19-10-5-3-8-17(19)18-9-4-6-11-20(18)21/h3-6,8-11,21-24H,1-2,7,12-16H2,(H,28,33)(H,31,32)/t22-,23?,24+/m1/s1. The average Bonchev–Trinajstić information content (AvgIpc) is 3.35. The van der Waals surface area contributed by atoms with Crippen LogP contribution < -0.4 is 5.32 Å². The molecule has 0 aromatic heterocycles. The maximum Gasteiger partial charge on any atom is 0.407 e. The maximum atomic E-state index is 13.2. The van der Waals surface area contributed by atoms with Crippen molar-refractivity contribution < 1.29 is 29.0 Å². The molecule has 0 saturated carbocycles. The lowest BCUT2D eigenvalue weighted by Crippen LogP contribution is -2.54. The lowest BCUT2D eigenvalue weighted by molar-refractivity contribution is -0.155. The van der Waals surface area contributed by atoms with Gasteiger partial charge in [-0.3, -0.25) is 4.79 Å². The van der Waals surface area contributed by atoms with E-state index in [0.717, 1.165) is 41.5 Å². The largest absolute Gasteiger partial charge is 0.480 e. The Kier molecular flexibility index (Phi) is 6.72. The molecule has 8 heteroatoms. The first-order valence-corrected chi connectivity index (χ1v) is 12.3. The van der Waals surface area contributed by atoms with Gasteiger partial charge in [0.2, 0.25) is 0 Å². The average molecular weight is 479 g/mol. The molecule has 5 rings (SSSR count). The number of fused-ring (bicyclic) bond motifs is 3. The van der Waals surface area contributed by atoms with Crippen LogP contribution >= 0.6 is 0 Å². The van der Waals surface area contributed by atoms with E-state index >= 15 is 0 Å². The summed E-state index contributed by atoms with van der Waals surface area (Å²) in [5.74, 6) is -1.43. The summed E-state index contributed by atoms with van der Waals surface area (Å²) in [6, 6.07) is 14.8. The Morgan fingerprint density at radius 2 is 1.66 bits per heavy atom. The molecule has 184 valence electrons. The summed E-state index contributed by atoms with van der Waals surface area (Å²) < 4.78 is 11.3. The number of ether oxygens (including phenoxy) is 2. The van der Waals surface area contributed by atoms with Crippen molar-refractivity contribution in [3.05, 3.63) is 59.7 Å². The molecule has 1 aliphatic carbocycles. The Hall–Kier alpha value is -3.39. The Bertz CT molecular complexity index is 1070. The Morgan fingerprint density at radius 1 is 0.971 bits per heavy atom. The molecule has 2 fully saturated rings. The molecule has 2 saturated heterocycles. The first-order chi connectivity index (χ1) is 17.0. The van der Waals surface area contributed by atoms with E-state index in [-0.39, 0.29) is 18.4 Å². The number of nitrogens with zero attached hydrogens (tertiary/aromatic N) is 1. The molecule has 2 aliphatic heterocycles. The van der Waals surface area contributed by atoms with Gasteiger partial charge in [-0.2, -0.15) is 0 Å². The number of aliphatic carboxylic acids is 1. The summed E-state index contributed by atoms with van der Waals surface area (Å²) in [5, 5.41) is 12.4. The third kappa shape index (κ3) is 4.62. The van der Waals surface area contributed by atoms with Gasteiger partial charge in [-0.05, 0) is 41.5 Å². The van der Waals surface area contributed by atoms with Crippen LogP contribution in [0.15, 0.2) is 48.5 Å². The Labute approximate surface area is 204 Å². The summed E-state index contributed by atoms with van der Waals surface area (Å²) in [7, 11) is 0. The van der Waals surface area contributed by atoms with Gasteiger partial charge in [-0.15, -0.1) is 0 Å². The van der Waals surface area contributed by atoms with Gasteiger partial charge in [0.05, 0.1) is 6.04 Å². The molecule has 0 spiro atoms. The molecular formula is C27H30N2O6. The first-order valence-electron chi connectivity index (χ1n) is 12.3. The van der Waals surface area contributed by atoms with Crippen molar-refractivity contribution in [1.29, 1.82) is 0 Å². The quantitative estimate of drug-likeness (QED) is 0.681. The minimum absolute atomic E-state index is 0.0566. The zero-order chi connectivity index (χ0) is 24.4. The van der Waals surface area contributed by atoms with Crippen LogP contribution in [0.4, 0.5) is 4.79 Å². The molecular weight excluding hydrogens is 448 g/mol. The number of nitrogens with one attached hydrogen (secondary N) is 1. The van der Waals surface area contributed by atoms with E-state index in [1.54, 1.807) is 0 Å². The molecule has 3 atom stereocenters. The van der Waals surface area contributed by atoms with Crippen molar-refractivity contribution in [2.75, 3.05) is 19.8 Å². The lowest BCUT2D eigenvalue weighted by Gasteiger charge is -2.31. The number of likely N-dealkylation sites (tertiary alicyclic amines) is 1. The number of hydrogen-bond acceptors (Lipinski definition) is 5. The van der Waals surface area contributed by atoms with E-state index < -0.39 is 30.3 Å². The van der Waals surface area contributed by atoms with Crippen LogP contribution in [-0.2, 0) is 19.1 Å². The summed E-state index contributed by atoms with van der Waals surface area (Å²) in [5.41, 5.74) is 4.55. The zero-order valence-corrected chi connectivity index (χ0v) is 19.5. The first kappa shape index (κ1) is 23.4. The number of carbonyl (C=O) groups is 3. The topological polar surface area (TPSA) is 105 Å². The van der Waals surface area contributed by atoms with Crippen molar-refractivity contribution >= 4 is 18.0 Å². The molecule has 0 bridgehead atoms. The van der Waals surface area contributed by atoms with Crippen LogP contribution in [-0.4, -0.2) is 65.9 Å². The number of rotatable bonds is 5. The number of carbonyl (C=O) groups excluding carboxylic acids is 2. The van der Waals surface area contributed by atoms with Crippen LogP contribution in [0, 0.1) is 0 Å². The van der Waals surface area contributed by atoms with E-state index in [2.05, 4.69) is 29.6 Å². The Morgan fingerprint density at radius 3 is 2.34 bits per heavy atom. The van der Waals surface area contributed by atoms with Gasteiger partial charge in [0.25, 0.3) is 5.91 Å². The second kappa shape index (κ2) is 10.1. The van der Waals surface area contributed by atoms with E-state index in [9.17, 15) is 19.5 Å². The van der Waals surface area contributed by atoms with Gasteiger partial charge in [0, 0.05) is 19.1 Å². The highest BCUT2D eigenvalue weighted by atomic mass is 16.6. The molecule has 2 aromatic carbocycles. The van der Waals surface area contributed by atoms with E-state index in [0.29, 0.717) is 26.0 Å². The smallest absolute Gasteiger partial charge is 0.407 e. The predicted molar refractivity (Wildman–Crippen MR) is 128 cm³/mol. The number of hydrogen-bond donors (Lipinski definition) is 2. The molecule has 35 heavy (non-hydrogen) atoms. The molecule has 8 nitrogen and oxygen atoms in total. The summed E-state index contributed by atoms with van der Waals surface area (Å²) in [4.78, 5) is 39.2. The summed E-state index contributed by atoms with van der Waals surface area (Å²) in [6.45, 7) is 0.878. The van der Waals surface area contributed by atoms with Gasteiger partial charge in [0.1, 0.15) is 12.6 Å². The zero-order valence-electron chi connectivity index (χ0n) is 19.5. The fraction of sp³-hybridized carbons (Fsp3) is 0.444. The molecule has 1 unspecified atom stereocenters. The SMILES string of the molecule is O=C(N[C@@H]1CCO[C@@H]1C(=O)N1CCCCCC1C(=O)O)OCC1c2ccccc2-c2ccccc21. The minimum Gasteiger partial charge on any atom is -0.480 e. The van der Waals surface area contributed by atoms with Gasteiger partial charge < -0.3 is 24.8 Å². The number of alkyl carbamates (subject to hydrolysis) is 1. The molecule has 2 heterocycles. The highest BCUT2D eigenvalue weighted by Gasteiger charge is 2.42. The van der Waals surface area contributed by atoms with E-state index in [1.807, 2.05) is 24.3 Å². The Balaban J connectivity index is 1.23. The molecule has 2 amide bonds. The lowest BCUT2D eigenvalue weighted by atomic mass is 9.98. The van der Waals surface area contributed by atoms with Gasteiger partial charge in [-0.1, -0.05) is 61.4 Å². The highest BCUT2D eigenvalue weighted by molar-refractivity contribution is 5.88. The second-order valence-electron chi connectivity index (χ2n) is 9.39. The van der Waals surface area contributed by atoms with Crippen LogP contribution in [0.5, 0.6) is 0 Å². The van der Waals surface area contributed by atoms with Gasteiger partial charge in [-0.25, -0.2) is 9.59 Å². The van der Waals surface area contributed by atoms with Gasteiger partial charge in [0.15, 0.2) is 6.10 Å². The molecule has 2 N–H and O–H groups in total. The summed E-state index contributed by atoms with van der Waals surface area (Å²) >= 11 is 0. The number of benzene rings is 2. The number of amides is 2. The highest BCUT2D eigenvalue weighted by Crippen LogP contribution is 2.44. The molecule has 0 radical (unpaired) electrons. The van der Waals surface area contributed by atoms with E-state index in [1.165, 1.54) is 4.90 Å². The normalized spacial score (nSPS) is 23.8. The van der Waals surface area contributed by atoms with Crippen molar-refractivity contribution in [2.45, 2.75) is 56.2 Å². The third-order valence-corrected chi connectivity index (χ3v) is 7.30. The number of carboxylic acid groups (broad SMARTS) is 1. The van der Waals surface area contributed by atoms with Crippen molar-refractivity contribution in [2.24, 2.45) is 0 Å². The van der Waals surface area contributed by atoms with Crippen LogP contribution in [0.1, 0.15) is 49.1 Å². The van der Waals surface area contributed by atoms with Crippen molar-refractivity contribution in [3.63, 3.8) is 0 Å². The van der Waals surface area contributed by atoms with Crippen LogP contribution in [0.3, 0.4) is 0 Å². The van der Waals surface area contributed by atoms with Crippen LogP contribution in [0.2, 0.25) is 0 Å². The summed E-state index contributed by atoms with van der Waals surface area (Å²) in [6.07, 6.45) is 1.80. The molecule has 3 aliphatic rings. The van der Waals surface area contributed by atoms with Crippen LogP contribution in [0.25, 0.3) is 11.1 Å².